The Hall–Kier alpha value is -1.59. The minimum absolute atomic E-state index is 0.0303. The summed E-state index contributed by atoms with van der Waals surface area (Å²) in [5.74, 6) is 1.05. The van der Waals surface area contributed by atoms with Crippen molar-refractivity contribution in [2.45, 2.75) is 55.3 Å². The van der Waals surface area contributed by atoms with Crippen molar-refractivity contribution in [3.05, 3.63) is 23.3 Å². The van der Waals surface area contributed by atoms with Gasteiger partial charge in [-0.15, -0.1) is 0 Å². The van der Waals surface area contributed by atoms with Crippen LogP contribution in [0.5, 0.6) is 11.5 Å². The van der Waals surface area contributed by atoms with E-state index in [9.17, 15) is 15.0 Å². The summed E-state index contributed by atoms with van der Waals surface area (Å²) in [6, 6.07) is 3.90. The van der Waals surface area contributed by atoms with Crippen LogP contribution in [0.25, 0.3) is 0 Å². The van der Waals surface area contributed by atoms with Gasteiger partial charge in [-0.2, -0.15) is 0 Å². The molecular formula is C18H20O5. The molecule has 1 heterocycles. The Morgan fingerprint density at radius 2 is 2.17 bits per heavy atom. The van der Waals surface area contributed by atoms with Gasteiger partial charge in [0.1, 0.15) is 5.60 Å². The topological polar surface area (TPSA) is 76.0 Å². The van der Waals surface area contributed by atoms with Crippen molar-refractivity contribution in [1.29, 1.82) is 0 Å². The highest BCUT2D eigenvalue weighted by atomic mass is 16.5. The Morgan fingerprint density at radius 3 is 2.96 bits per heavy atom. The summed E-state index contributed by atoms with van der Waals surface area (Å²) in [6.07, 6.45) is 1.42. The normalized spacial score (nSPS) is 42.9. The van der Waals surface area contributed by atoms with Crippen LogP contribution in [0.15, 0.2) is 12.1 Å². The molecule has 1 aromatic carbocycles. The van der Waals surface area contributed by atoms with E-state index in [1.165, 1.54) is 0 Å². The number of hydrogen-bond donors (Lipinski definition) is 2. The number of rotatable bonds is 1. The molecule has 0 radical (unpaired) electrons. The quantitative estimate of drug-likeness (QED) is 0.812. The summed E-state index contributed by atoms with van der Waals surface area (Å²) in [7, 11) is 1.58. The number of benzene rings is 1. The number of carbonyl (C=O) groups is 1. The van der Waals surface area contributed by atoms with Crippen LogP contribution in [0, 0.1) is 5.92 Å². The van der Waals surface area contributed by atoms with E-state index in [0.29, 0.717) is 24.3 Å². The van der Waals surface area contributed by atoms with E-state index in [1.807, 2.05) is 12.1 Å². The first-order valence-corrected chi connectivity index (χ1v) is 8.34. The Morgan fingerprint density at radius 1 is 1.35 bits per heavy atom. The smallest absolute Gasteiger partial charge is 0.177 e. The highest BCUT2D eigenvalue weighted by Gasteiger charge is 2.74. The zero-order valence-corrected chi connectivity index (χ0v) is 13.0. The van der Waals surface area contributed by atoms with Crippen LogP contribution in [0.4, 0.5) is 0 Å². The SMILES string of the molecule is COc1ccc2c3c1O[C@H]1C(=O)C[C@H](O)C4(O)[C@H](CCCC314)C2. The summed E-state index contributed by atoms with van der Waals surface area (Å²) in [5.41, 5.74) is -0.0664. The van der Waals surface area contributed by atoms with Gasteiger partial charge >= 0.3 is 0 Å². The lowest BCUT2D eigenvalue weighted by Gasteiger charge is -2.61. The average Bonchev–Trinajstić information content (AvgIpc) is 2.86. The Kier molecular flexibility index (Phi) is 2.45. The molecule has 2 fully saturated rings. The number of aliphatic hydroxyl groups is 2. The Balaban J connectivity index is 1.88. The number of ether oxygens (including phenoxy) is 2. The highest BCUT2D eigenvalue weighted by molar-refractivity contribution is 5.90. The molecule has 1 aromatic rings. The standard InChI is InChI=1S/C18H20O5/c1-22-12-5-4-9-7-10-3-2-6-17-14(9)15(12)23-16(17)11(19)8-13(20)18(10,17)21/h4-5,10,13,16,20-21H,2-3,6-8H2,1H3/t10-,13+,16+,17?,18?/m1/s1. The molecule has 23 heavy (non-hydrogen) atoms. The maximum atomic E-state index is 12.6. The molecule has 2 N–H and O–H groups in total. The number of Topliss-reactive ketones (excluding diaryl/α,β-unsaturated/α-hetero) is 1. The van der Waals surface area contributed by atoms with Gasteiger partial charge < -0.3 is 19.7 Å². The molecule has 5 heteroatoms. The van der Waals surface area contributed by atoms with Gasteiger partial charge in [0.25, 0.3) is 0 Å². The molecule has 4 aliphatic rings. The monoisotopic (exact) mass is 316 g/mol. The molecular weight excluding hydrogens is 296 g/mol. The summed E-state index contributed by atoms with van der Waals surface area (Å²) in [4.78, 5) is 12.6. The van der Waals surface area contributed by atoms with E-state index in [-0.39, 0.29) is 18.1 Å². The average molecular weight is 316 g/mol. The van der Waals surface area contributed by atoms with Gasteiger partial charge in [0.05, 0.1) is 18.6 Å². The van der Waals surface area contributed by atoms with Crippen LogP contribution in [-0.2, 0) is 16.6 Å². The first-order chi connectivity index (χ1) is 11.0. The van der Waals surface area contributed by atoms with Crippen LogP contribution in [-0.4, -0.2) is 40.9 Å². The molecule has 0 aromatic heterocycles. The molecule has 1 spiro atoms. The number of ketones is 1. The molecule has 2 bridgehead atoms. The van der Waals surface area contributed by atoms with Gasteiger partial charge in [0, 0.05) is 12.0 Å². The van der Waals surface area contributed by atoms with Crippen molar-refractivity contribution in [2.75, 3.05) is 7.11 Å². The molecule has 5 rings (SSSR count). The summed E-state index contributed by atoms with van der Waals surface area (Å²) < 4.78 is 11.5. The predicted molar refractivity (Wildman–Crippen MR) is 80.7 cm³/mol. The van der Waals surface area contributed by atoms with E-state index < -0.39 is 23.2 Å². The van der Waals surface area contributed by atoms with Crippen molar-refractivity contribution < 1.29 is 24.5 Å². The second-order valence-corrected chi connectivity index (χ2v) is 7.41. The van der Waals surface area contributed by atoms with Crippen LogP contribution < -0.4 is 9.47 Å². The Bertz CT molecular complexity index is 728. The Labute approximate surface area is 134 Å². The van der Waals surface area contributed by atoms with E-state index in [1.54, 1.807) is 7.11 Å². The van der Waals surface area contributed by atoms with Crippen LogP contribution in [0.3, 0.4) is 0 Å². The molecule has 1 aliphatic heterocycles. The molecule has 5 nitrogen and oxygen atoms in total. The fourth-order valence-electron chi connectivity index (χ4n) is 5.86. The van der Waals surface area contributed by atoms with E-state index in [4.69, 9.17) is 9.47 Å². The zero-order valence-electron chi connectivity index (χ0n) is 13.0. The van der Waals surface area contributed by atoms with E-state index in [0.717, 1.165) is 24.0 Å². The third-order valence-corrected chi connectivity index (χ3v) is 6.68. The van der Waals surface area contributed by atoms with Gasteiger partial charge in [-0.1, -0.05) is 12.5 Å². The summed E-state index contributed by atoms with van der Waals surface area (Å²) >= 11 is 0. The van der Waals surface area contributed by atoms with Gasteiger partial charge in [-0.3, -0.25) is 4.79 Å². The summed E-state index contributed by atoms with van der Waals surface area (Å²) in [6.45, 7) is 0. The summed E-state index contributed by atoms with van der Waals surface area (Å²) in [5, 5.41) is 22.3. The van der Waals surface area contributed by atoms with Gasteiger partial charge in [0.2, 0.25) is 0 Å². The van der Waals surface area contributed by atoms with Crippen LogP contribution >= 0.6 is 0 Å². The molecule has 2 unspecified atom stereocenters. The van der Waals surface area contributed by atoms with Crippen molar-refractivity contribution in [3.63, 3.8) is 0 Å². The number of aliphatic hydroxyl groups excluding tert-OH is 1. The van der Waals surface area contributed by atoms with Crippen LogP contribution in [0.1, 0.15) is 36.8 Å². The molecule has 3 aliphatic carbocycles. The zero-order chi connectivity index (χ0) is 16.0. The van der Waals surface area contributed by atoms with Crippen molar-refractivity contribution in [1.82, 2.24) is 0 Å². The fraction of sp³-hybridized carbons (Fsp3) is 0.611. The maximum absolute atomic E-state index is 12.6. The molecule has 122 valence electrons. The lowest BCUT2D eigenvalue weighted by Crippen LogP contribution is -2.75. The fourth-order valence-corrected chi connectivity index (χ4v) is 5.86. The second kappa shape index (κ2) is 4.08. The molecule has 5 atom stereocenters. The maximum Gasteiger partial charge on any atom is 0.177 e. The van der Waals surface area contributed by atoms with E-state index >= 15 is 0 Å². The van der Waals surface area contributed by atoms with E-state index in [2.05, 4.69) is 0 Å². The molecule has 2 saturated carbocycles. The van der Waals surface area contributed by atoms with Gasteiger partial charge in [0.15, 0.2) is 23.4 Å². The van der Waals surface area contributed by atoms with Gasteiger partial charge in [-0.05, 0) is 36.8 Å². The number of methoxy groups -OCH3 is 1. The van der Waals surface area contributed by atoms with Crippen molar-refractivity contribution in [3.8, 4) is 11.5 Å². The lowest BCUT2D eigenvalue weighted by molar-refractivity contribution is -0.219. The first kappa shape index (κ1) is 13.8. The largest absolute Gasteiger partial charge is 0.493 e. The minimum Gasteiger partial charge on any atom is -0.493 e. The number of hydrogen-bond acceptors (Lipinski definition) is 5. The third-order valence-electron chi connectivity index (χ3n) is 6.68. The molecule has 0 amide bonds. The molecule has 0 saturated heterocycles. The third kappa shape index (κ3) is 1.28. The van der Waals surface area contributed by atoms with Gasteiger partial charge in [-0.25, -0.2) is 0 Å². The lowest BCUT2D eigenvalue weighted by atomic mass is 9.45. The first-order valence-electron chi connectivity index (χ1n) is 8.34. The predicted octanol–water partition coefficient (Wildman–Crippen LogP) is 1.11. The second-order valence-electron chi connectivity index (χ2n) is 7.41. The highest BCUT2D eigenvalue weighted by Crippen LogP contribution is 2.66. The number of carbonyl (C=O) groups excluding carboxylic acids is 1. The minimum atomic E-state index is -1.28. The van der Waals surface area contributed by atoms with Crippen LogP contribution in [0.2, 0.25) is 0 Å². The van der Waals surface area contributed by atoms with Crippen molar-refractivity contribution >= 4 is 5.78 Å². The van der Waals surface area contributed by atoms with Crippen molar-refractivity contribution in [2.24, 2.45) is 5.92 Å².